The van der Waals surface area contributed by atoms with Crippen LogP contribution in [0.2, 0.25) is 0 Å². The van der Waals surface area contributed by atoms with Crippen LogP contribution in [0.25, 0.3) is 0 Å². The van der Waals surface area contributed by atoms with Crippen LogP contribution in [0, 0.1) is 28.6 Å². The van der Waals surface area contributed by atoms with Crippen LogP contribution in [0.1, 0.15) is 39.5 Å². The van der Waals surface area contributed by atoms with E-state index in [1.807, 2.05) is 13.0 Å². The highest BCUT2D eigenvalue weighted by Crippen LogP contribution is 2.61. The first-order valence-corrected chi connectivity index (χ1v) is 11.5. The van der Waals surface area contributed by atoms with Crippen LogP contribution in [-0.2, 0) is 18.6 Å². The Morgan fingerprint density at radius 3 is 2.62 bits per heavy atom. The highest BCUT2D eigenvalue weighted by Gasteiger charge is 2.57. The van der Waals surface area contributed by atoms with E-state index in [1.165, 1.54) is 0 Å². The van der Waals surface area contributed by atoms with Gasteiger partial charge in [-0.15, -0.1) is 0 Å². The van der Waals surface area contributed by atoms with E-state index in [-0.39, 0.29) is 30.5 Å². The van der Waals surface area contributed by atoms with Gasteiger partial charge in [0, 0.05) is 11.3 Å². The Hall–Kier alpha value is -1.02. The van der Waals surface area contributed by atoms with Gasteiger partial charge in [0.25, 0.3) is 0 Å². The Balaban J connectivity index is 1.88. The van der Waals surface area contributed by atoms with Crippen molar-refractivity contribution in [1.29, 1.82) is 0 Å². The van der Waals surface area contributed by atoms with Crippen molar-refractivity contribution in [2.24, 2.45) is 28.6 Å². The monoisotopic (exact) mass is 430 g/mol. The van der Waals surface area contributed by atoms with E-state index in [0.29, 0.717) is 6.42 Å². The van der Waals surface area contributed by atoms with Crippen molar-refractivity contribution in [1.82, 2.24) is 0 Å². The Kier molecular flexibility index (Phi) is 6.18. The molecule has 3 fully saturated rings. The maximum absolute atomic E-state index is 12.1. The van der Waals surface area contributed by atoms with E-state index in [0.717, 1.165) is 24.8 Å². The van der Waals surface area contributed by atoms with Crippen molar-refractivity contribution in [3.05, 3.63) is 24.3 Å². The quantitative estimate of drug-likeness (QED) is 0.295. The Morgan fingerprint density at radius 1 is 1.31 bits per heavy atom. The van der Waals surface area contributed by atoms with Crippen molar-refractivity contribution in [2.45, 2.75) is 51.7 Å². The second kappa shape index (κ2) is 7.91. The van der Waals surface area contributed by atoms with Crippen LogP contribution >= 0.6 is 7.82 Å². The zero-order valence-corrected chi connectivity index (χ0v) is 17.8. The minimum absolute atomic E-state index is 0.0709. The molecule has 0 spiro atoms. The first-order chi connectivity index (χ1) is 13.4. The molecule has 0 aromatic heterocycles. The average molecular weight is 430 g/mol. The molecule has 164 valence electrons. The molecule has 7 unspecified atom stereocenters. The van der Waals surface area contributed by atoms with E-state index in [4.69, 9.17) is 19.0 Å². The molecule has 0 aromatic rings. The van der Waals surface area contributed by atoms with E-state index in [1.54, 1.807) is 6.08 Å². The van der Waals surface area contributed by atoms with E-state index < -0.39 is 37.3 Å². The van der Waals surface area contributed by atoms with Crippen LogP contribution in [0.15, 0.2) is 24.3 Å². The number of phosphoric ester groups is 1. The normalized spacial score (nSPS) is 43.4. The van der Waals surface area contributed by atoms with Gasteiger partial charge in [-0.3, -0.25) is 9.32 Å². The van der Waals surface area contributed by atoms with Gasteiger partial charge < -0.3 is 24.7 Å². The van der Waals surface area contributed by atoms with Crippen LogP contribution < -0.4 is 0 Å². The average Bonchev–Trinajstić information content (AvgIpc) is 2.96. The highest BCUT2D eigenvalue weighted by molar-refractivity contribution is 7.46. The summed E-state index contributed by atoms with van der Waals surface area (Å²) < 4.78 is 20.9. The summed E-state index contributed by atoms with van der Waals surface area (Å²) in [5.41, 5.74) is 0.137. The molecular weight excluding hydrogens is 399 g/mol. The lowest BCUT2D eigenvalue weighted by atomic mass is 9.46. The molecule has 7 atom stereocenters. The third-order valence-electron chi connectivity index (χ3n) is 7.40. The van der Waals surface area contributed by atoms with Gasteiger partial charge in [-0.05, 0) is 37.0 Å². The number of allylic oxidation sites excluding steroid dienone is 2. The number of rotatable bonds is 5. The van der Waals surface area contributed by atoms with Gasteiger partial charge in [0.2, 0.25) is 0 Å². The number of hydrogen-bond donors (Lipinski definition) is 4. The number of cyclic esters (lactones) is 1. The fourth-order valence-corrected chi connectivity index (χ4v) is 6.26. The van der Waals surface area contributed by atoms with Crippen LogP contribution in [0.3, 0.4) is 0 Å². The Labute approximate surface area is 170 Å². The number of phosphoric acid groups is 1. The maximum atomic E-state index is 12.1. The lowest BCUT2D eigenvalue weighted by Gasteiger charge is -2.59. The van der Waals surface area contributed by atoms with Gasteiger partial charge in [0.15, 0.2) is 0 Å². The lowest BCUT2D eigenvalue weighted by Crippen LogP contribution is -2.57. The summed E-state index contributed by atoms with van der Waals surface area (Å²) >= 11 is 0. The molecule has 3 aliphatic rings. The van der Waals surface area contributed by atoms with E-state index in [9.17, 15) is 19.6 Å². The second-order valence-electron chi connectivity index (χ2n) is 9.13. The molecular formula is C20H31O8P. The third-order valence-corrected chi connectivity index (χ3v) is 7.95. The molecule has 2 aliphatic carbocycles. The fourth-order valence-electron chi connectivity index (χ4n) is 5.71. The molecule has 0 bridgehead atoms. The Bertz CT molecular complexity index is 745. The summed E-state index contributed by atoms with van der Waals surface area (Å²) in [6.07, 6.45) is 4.75. The van der Waals surface area contributed by atoms with Gasteiger partial charge in [-0.2, -0.15) is 0 Å². The first-order valence-electron chi connectivity index (χ1n) is 9.98. The SMILES string of the molecule is C=C1CCC2C(C)(CO)C(O)CCC2(C)C1/C=C/C1C(=O)OCC1OP(=O)(O)O. The number of carbonyl (C=O) groups excluding carboxylic acids is 1. The number of aliphatic hydroxyl groups excluding tert-OH is 2. The van der Waals surface area contributed by atoms with Crippen molar-refractivity contribution in [3.8, 4) is 0 Å². The number of fused-ring (bicyclic) bond motifs is 1. The summed E-state index contributed by atoms with van der Waals surface area (Å²) in [4.78, 5) is 30.2. The van der Waals surface area contributed by atoms with E-state index in [2.05, 4.69) is 13.5 Å². The predicted molar refractivity (Wildman–Crippen MR) is 104 cm³/mol. The van der Waals surface area contributed by atoms with Crippen molar-refractivity contribution in [2.75, 3.05) is 13.2 Å². The molecule has 1 aliphatic heterocycles. The molecule has 3 rings (SSSR count). The topological polar surface area (TPSA) is 134 Å². The van der Waals surface area contributed by atoms with Gasteiger partial charge in [0.05, 0.1) is 12.7 Å². The van der Waals surface area contributed by atoms with Gasteiger partial charge in [-0.25, -0.2) is 4.57 Å². The molecule has 8 nitrogen and oxygen atoms in total. The molecule has 9 heteroatoms. The summed E-state index contributed by atoms with van der Waals surface area (Å²) in [6, 6.07) is 0. The molecule has 1 heterocycles. The molecule has 2 saturated carbocycles. The van der Waals surface area contributed by atoms with Crippen molar-refractivity contribution < 1.29 is 38.6 Å². The maximum Gasteiger partial charge on any atom is 0.470 e. The third kappa shape index (κ3) is 4.11. The molecule has 0 aromatic carbocycles. The second-order valence-corrected chi connectivity index (χ2v) is 10.3. The predicted octanol–water partition coefficient (Wildman–Crippen LogP) is 1.94. The van der Waals surface area contributed by atoms with Crippen LogP contribution in [0.4, 0.5) is 0 Å². The minimum atomic E-state index is -4.75. The number of ether oxygens (including phenoxy) is 1. The van der Waals surface area contributed by atoms with Crippen LogP contribution in [0.5, 0.6) is 0 Å². The van der Waals surface area contributed by atoms with Gasteiger partial charge in [-0.1, -0.05) is 38.2 Å². The summed E-state index contributed by atoms with van der Waals surface area (Å²) in [5.74, 6) is -1.51. The number of hydrogen-bond acceptors (Lipinski definition) is 6. The van der Waals surface area contributed by atoms with Crippen LogP contribution in [-0.4, -0.2) is 51.4 Å². The summed E-state index contributed by atoms with van der Waals surface area (Å²) in [5, 5.41) is 20.6. The number of aliphatic hydroxyl groups is 2. The van der Waals surface area contributed by atoms with Gasteiger partial charge in [0.1, 0.15) is 18.6 Å². The smallest absolute Gasteiger partial charge is 0.462 e. The Morgan fingerprint density at radius 2 is 2.00 bits per heavy atom. The number of carbonyl (C=O) groups is 1. The summed E-state index contributed by atoms with van der Waals surface area (Å²) in [7, 11) is -4.75. The largest absolute Gasteiger partial charge is 0.470 e. The first kappa shape index (κ1) is 22.7. The highest BCUT2D eigenvalue weighted by atomic mass is 31.2. The fraction of sp³-hybridized carbons (Fsp3) is 0.750. The zero-order chi connectivity index (χ0) is 21.6. The van der Waals surface area contributed by atoms with Crippen molar-refractivity contribution in [3.63, 3.8) is 0 Å². The zero-order valence-electron chi connectivity index (χ0n) is 16.9. The standard InChI is InChI=1S/C20H31O8P/c1-12-4-7-16-19(2,9-8-17(22)20(16,3)11-21)14(12)6-5-13-15(10-27-18(13)23)28-29(24,25)26/h5-6,13-17,21-22H,1,4,7-11H2,2-3H3,(H2,24,25,26)/b6-5+. The van der Waals surface area contributed by atoms with Gasteiger partial charge >= 0.3 is 13.8 Å². The molecule has 29 heavy (non-hydrogen) atoms. The molecule has 4 N–H and O–H groups in total. The van der Waals surface area contributed by atoms with E-state index >= 15 is 0 Å². The lowest BCUT2D eigenvalue weighted by molar-refractivity contribution is -0.146. The molecule has 0 amide bonds. The molecule has 0 radical (unpaired) electrons. The minimum Gasteiger partial charge on any atom is -0.462 e. The summed E-state index contributed by atoms with van der Waals surface area (Å²) in [6.45, 7) is 7.96. The number of esters is 1. The molecule has 1 saturated heterocycles. The van der Waals surface area contributed by atoms with Crippen molar-refractivity contribution >= 4 is 13.8 Å².